The quantitative estimate of drug-likeness (QED) is 0.614. The van der Waals surface area contributed by atoms with Crippen molar-refractivity contribution in [1.82, 2.24) is 4.98 Å². The van der Waals surface area contributed by atoms with Crippen LogP contribution in [0.5, 0.6) is 5.75 Å². The molecule has 0 amide bonds. The number of carboxylic acids is 1. The van der Waals surface area contributed by atoms with Crippen LogP contribution in [0, 0.1) is 17.6 Å². The molecule has 0 radical (unpaired) electrons. The number of ether oxygens (including phenoxy) is 3. The summed E-state index contributed by atoms with van der Waals surface area (Å²) in [6.07, 6.45) is -6.05. The number of hydrogen-bond acceptors (Lipinski definition) is 6. The molecule has 184 valence electrons. The van der Waals surface area contributed by atoms with Gasteiger partial charge in [-0.3, -0.25) is 0 Å². The van der Waals surface area contributed by atoms with Crippen LogP contribution in [0.25, 0.3) is 0 Å². The first-order chi connectivity index (χ1) is 15.9. The number of benzene rings is 1. The highest BCUT2D eigenvalue weighted by molar-refractivity contribution is 5.89. The Kier molecular flexibility index (Phi) is 5.93. The van der Waals surface area contributed by atoms with E-state index in [2.05, 4.69) is 10.3 Å². The number of nitrogens with zero attached hydrogens (tertiary/aromatic N) is 1. The van der Waals surface area contributed by atoms with Crippen LogP contribution in [0.1, 0.15) is 41.4 Å². The predicted octanol–water partition coefficient (Wildman–Crippen LogP) is 4.47. The fraction of sp³-hybridized carbons (Fsp3) is 0.455. The highest BCUT2D eigenvalue weighted by Crippen LogP contribution is 2.56. The van der Waals surface area contributed by atoms with E-state index in [9.17, 15) is 31.9 Å². The maximum Gasteiger partial charge on any atom is 0.417 e. The largest absolute Gasteiger partial charge is 0.493 e. The van der Waals surface area contributed by atoms with Crippen LogP contribution in [0.15, 0.2) is 24.4 Å². The summed E-state index contributed by atoms with van der Waals surface area (Å²) in [6.45, 7) is 1.93. The molecule has 2 aromatic rings. The summed E-state index contributed by atoms with van der Waals surface area (Å²) in [5.41, 5.74) is -2.39. The number of aromatic carboxylic acids is 1. The normalized spacial score (nSPS) is 28.8. The van der Waals surface area contributed by atoms with Gasteiger partial charge in [-0.25, -0.2) is 14.2 Å². The van der Waals surface area contributed by atoms with Crippen molar-refractivity contribution < 1.29 is 46.1 Å². The number of hydrogen-bond donors (Lipinski definition) is 2. The Morgan fingerprint density at radius 1 is 1.29 bits per heavy atom. The van der Waals surface area contributed by atoms with E-state index in [1.807, 2.05) is 0 Å². The maximum absolute atomic E-state index is 14.5. The fourth-order valence-electron chi connectivity index (χ4n) is 4.63. The minimum atomic E-state index is -4.79. The number of pyridine rings is 1. The molecule has 2 aliphatic rings. The van der Waals surface area contributed by atoms with Gasteiger partial charge in [-0.2, -0.15) is 17.6 Å². The molecule has 1 saturated heterocycles. The molecule has 0 bridgehead atoms. The summed E-state index contributed by atoms with van der Waals surface area (Å²) in [5, 5.41) is 12.2. The number of anilines is 1. The van der Waals surface area contributed by atoms with Crippen molar-refractivity contribution in [2.45, 2.75) is 50.5 Å². The number of carboxylic acid groups (broad SMARTS) is 1. The van der Waals surface area contributed by atoms with Crippen LogP contribution in [-0.4, -0.2) is 47.3 Å². The summed E-state index contributed by atoms with van der Waals surface area (Å²) in [6, 6.07) is 3.45. The van der Waals surface area contributed by atoms with Crippen LogP contribution < -0.4 is 10.1 Å². The second-order valence-electron chi connectivity index (χ2n) is 8.35. The molecule has 5 atom stereocenters. The third kappa shape index (κ3) is 3.65. The molecule has 2 aliphatic heterocycles. The number of nitrogens with one attached hydrogen (secondary N) is 1. The molecule has 12 heteroatoms. The van der Waals surface area contributed by atoms with Crippen molar-refractivity contribution in [3.8, 4) is 5.75 Å². The van der Waals surface area contributed by atoms with E-state index in [0.717, 1.165) is 20.1 Å². The first-order valence-corrected chi connectivity index (χ1v) is 10.3. The number of aromatic nitrogens is 1. The van der Waals surface area contributed by atoms with E-state index in [-0.39, 0.29) is 23.4 Å². The number of rotatable bonds is 4. The Balaban J connectivity index is 1.80. The van der Waals surface area contributed by atoms with Crippen LogP contribution >= 0.6 is 0 Å². The molecule has 3 heterocycles. The van der Waals surface area contributed by atoms with E-state index in [1.54, 1.807) is 0 Å². The Morgan fingerprint density at radius 2 is 2.00 bits per heavy atom. The molecule has 7 nitrogen and oxygen atoms in total. The highest BCUT2D eigenvalue weighted by Gasteiger charge is 2.66. The molecule has 0 saturated carbocycles. The lowest BCUT2D eigenvalue weighted by Crippen LogP contribution is -2.48. The smallest absolute Gasteiger partial charge is 0.417 e. The molecule has 4 rings (SSSR count). The minimum absolute atomic E-state index is 0.0102. The second-order valence-corrected chi connectivity index (χ2v) is 8.35. The third-order valence-corrected chi connectivity index (χ3v) is 6.61. The average Bonchev–Trinajstić information content (AvgIpc) is 3.06. The molecular weight excluding hydrogens is 467 g/mol. The van der Waals surface area contributed by atoms with E-state index < -0.39 is 59.3 Å². The predicted molar refractivity (Wildman–Crippen MR) is 108 cm³/mol. The van der Waals surface area contributed by atoms with Crippen molar-refractivity contribution in [1.29, 1.82) is 0 Å². The Bertz CT molecular complexity index is 1130. The van der Waals surface area contributed by atoms with Gasteiger partial charge in [-0.15, -0.1) is 0 Å². The van der Waals surface area contributed by atoms with Gasteiger partial charge in [-0.1, -0.05) is 13.0 Å². The van der Waals surface area contributed by atoms with Crippen LogP contribution in [-0.2, 0) is 16.1 Å². The molecule has 1 unspecified atom stereocenters. The molecule has 34 heavy (non-hydrogen) atoms. The van der Waals surface area contributed by atoms with Crippen LogP contribution in [0.4, 0.5) is 27.6 Å². The SMILES string of the molecule is COc1c([C@H]2[C@H](C3Nc4ccnc(C(=O)O)c4CO3)O[C@@](C)(C(F)(F)F)[C@H]2C)ccc(F)c1F. The molecular formula is C22H21F5N2O5. The molecule has 0 aliphatic carbocycles. The zero-order chi connectivity index (χ0) is 25.0. The van der Waals surface area contributed by atoms with Crippen molar-refractivity contribution >= 4 is 11.7 Å². The number of halogens is 5. The van der Waals surface area contributed by atoms with Gasteiger partial charge in [0.15, 0.2) is 29.1 Å². The van der Waals surface area contributed by atoms with Crippen LogP contribution in [0.3, 0.4) is 0 Å². The van der Waals surface area contributed by atoms with Crippen molar-refractivity contribution in [2.75, 3.05) is 12.4 Å². The van der Waals surface area contributed by atoms with E-state index in [4.69, 9.17) is 14.2 Å². The van der Waals surface area contributed by atoms with E-state index in [0.29, 0.717) is 5.69 Å². The summed E-state index contributed by atoms with van der Waals surface area (Å²) in [4.78, 5) is 15.2. The average molecular weight is 488 g/mol. The van der Waals surface area contributed by atoms with Gasteiger partial charge in [0.05, 0.1) is 13.7 Å². The first-order valence-electron chi connectivity index (χ1n) is 10.3. The number of carbonyl (C=O) groups is 1. The summed E-state index contributed by atoms with van der Waals surface area (Å²) in [5.74, 6) is -6.74. The zero-order valence-electron chi connectivity index (χ0n) is 18.2. The lowest BCUT2D eigenvalue weighted by molar-refractivity contribution is -0.280. The lowest BCUT2D eigenvalue weighted by Gasteiger charge is -2.35. The zero-order valence-corrected chi connectivity index (χ0v) is 18.2. The third-order valence-electron chi connectivity index (χ3n) is 6.61. The van der Waals surface area contributed by atoms with Gasteiger partial charge in [0.2, 0.25) is 5.82 Å². The summed E-state index contributed by atoms with van der Waals surface area (Å²) >= 11 is 0. The van der Waals surface area contributed by atoms with Gasteiger partial charge in [0, 0.05) is 34.8 Å². The fourth-order valence-corrected chi connectivity index (χ4v) is 4.63. The van der Waals surface area contributed by atoms with E-state index in [1.165, 1.54) is 25.3 Å². The molecule has 0 spiro atoms. The molecule has 2 N–H and O–H groups in total. The monoisotopic (exact) mass is 488 g/mol. The first kappa shape index (κ1) is 24.1. The summed E-state index contributed by atoms with van der Waals surface area (Å²) < 4.78 is 86.9. The minimum Gasteiger partial charge on any atom is -0.493 e. The van der Waals surface area contributed by atoms with Gasteiger partial charge in [0.1, 0.15) is 6.10 Å². The van der Waals surface area contributed by atoms with Gasteiger partial charge >= 0.3 is 12.1 Å². The maximum atomic E-state index is 14.5. The van der Waals surface area contributed by atoms with Gasteiger partial charge in [-0.05, 0) is 19.1 Å². The van der Waals surface area contributed by atoms with Crippen molar-refractivity contribution in [2.24, 2.45) is 5.92 Å². The summed E-state index contributed by atoms with van der Waals surface area (Å²) in [7, 11) is 1.09. The van der Waals surface area contributed by atoms with Gasteiger partial charge < -0.3 is 24.6 Å². The Hall–Kier alpha value is -2.99. The second kappa shape index (κ2) is 8.35. The van der Waals surface area contributed by atoms with Crippen molar-refractivity contribution in [3.05, 3.63) is 52.9 Å². The van der Waals surface area contributed by atoms with Gasteiger partial charge in [0.25, 0.3) is 0 Å². The van der Waals surface area contributed by atoms with E-state index >= 15 is 0 Å². The number of alkyl halides is 3. The number of methoxy groups -OCH3 is 1. The highest BCUT2D eigenvalue weighted by atomic mass is 19.4. The molecule has 1 fully saturated rings. The van der Waals surface area contributed by atoms with Crippen molar-refractivity contribution in [3.63, 3.8) is 0 Å². The van der Waals surface area contributed by atoms with Crippen LogP contribution in [0.2, 0.25) is 0 Å². The molecule has 1 aromatic carbocycles. The Labute approximate surface area is 190 Å². The topological polar surface area (TPSA) is 89.9 Å². The number of fused-ring (bicyclic) bond motifs is 1. The molecule has 1 aromatic heterocycles. The Morgan fingerprint density at radius 3 is 2.62 bits per heavy atom. The standard InChI is InChI=1S/C22H21F5N2O5/c1-9-14(10-4-5-12(23)15(24)17(10)32-3)18(34-21(9,2)22(25,26)27)19-29-13-6-7-28-16(20(30)31)11(13)8-33-19/h4-7,9,14,18-19,29H,8H2,1-3H3,(H,30,31)/t9-,14-,18+,19?,21+/m0/s1. The lowest BCUT2D eigenvalue weighted by atomic mass is 9.76.